The Labute approximate surface area is 220 Å². The molecule has 0 aliphatic carbocycles. The number of ether oxygens (including phenoxy) is 2. The number of hydrazine groups is 1. The maximum Gasteiger partial charge on any atom is 0.334 e. The number of carbonyl (C=O) groups is 3. The first-order chi connectivity index (χ1) is 17.7. The number of nitrogens with two attached hydrogens (primary N) is 1. The van der Waals surface area contributed by atoms with Gasteiger partial charge in [0.2, 0.25) is 5.91 Å². The third kappa shape index (κ3) is 8.73. The molecule has 194 valence electrons. The number of rotatable bonds is 10. The van der Waals surface area contributed by atoms with Gasteiger partial charge in [-0.15, -0.1) is 0 Å². The number of nitrogens with one attached hydrogen (secondary N) is 2. The van der Waals surface area contributed by atoms with E-state index in [4.69, 9.17) is 26.8 Å². The smallest absolute Gasteiger partial charge is 0.334 e. The highest BCUT2D eigenvalue weighted by atomic mass is 35.5. The molecule has 3 rings (SSSR count). The van der Waals surface area contributed by atoms with Crippen LogP contribution in [-0.4, -0.2) is 35.5 Å². The number of halogens is 1. The summed E-state index contributed by atoms with van der Waals surface area (Å²) < 4.78 is 11.4. The largest absolute Gasteiger partial charge is 0.489 e. The first-order valence-corrected chi connectivity index (χ1v) is 12.0. The average molecular weight is 525 g/mol. The number of carbonyl (C=O) groups excluding carboxylic acids is 3. The second-order valence-electron chi connectivity index (χ2n) is 8.38. The van der Waals surface area contributed by atoms with Crippen LogP contribution in [-0.2, 0) is 17.9 Å². The third-order valence-corrected chi connectivity index (χ3v) is 5.25. The Hall–Kier alpha value is -4.24. The molecule has 0 aromatic heterocycles. The Morgan fingerprint density at radius 3 is 2.30 bits per heavy atom. The minimum atomic E-state index is -0.763. The number of hydrogen-bond donors (Lipinski definition) is 3. The minimum Gasteiger partial charge on any atom is -0.489 e. The van der Waals surface area contributed by atoms with Gasteiger partial charge in [-0.1, -0.05) is 54.1 Å². The summed E-state index contributed by atoms with van der Waals surface area (Å²) in [5.41, 5.74) is 9.55. The zero-order valence-electron chi connectivity index (χ0n) is 20.6. The maximum atomic E-state index is 13.3. The van der Waals surface area contributed by atoms with Crippen LogP contribution in [0.3, 0.4) is 0 Å². The van der Waals surface area contributed by atoms with Crippen LogP contribution < -0.4 is 25.9 Å². The standard InChI is InChI=1S/C27H29ClN4O5/c1-18(2)37-24-13-10-21(14-23(24)28)26(34)32(31-27(35)30-15-25(29)33)16-19-8-11-22(12-9-19)36-17-20-6-4-3-5-7-20/h3-14,18H,15-17H2,1-2H3,(H2,29,33)(H2,30,31,35). The van der Waals surface area contributed by atoms with E-state index in [1.54, 1.807) is 36.4 Å². The molecule has 0 saturated carbocycles. The average Bonchev–Trinajstić information content (AvgIpc) is 2.88. The van der Waals surface area contributed by atoms with Gasteiger partial charge in [0.25, 0.3) is 5.91 Å². The predicted molar refractivity (Wildman–Crippen MR) is 140 cm³/mol. The van der Waals surface area contributed by atoms with Gasteiger partial charge in [0, 0.05) is 5.56 Å². The van der Waals surface area contributed by atoms with E-state index in [-0.39, 0.29) is 29.8 Å². The lowest BCUT2D eigenvalue weighted by Crippen LogP contribution is -2.51. The van der Waals surface area contributed by atoms with Crippen molar-refractivity contribution in [1.82, 2.24) is 15.8 Å². The van der Waals surface area contributed by atoms with Gasteiger partial charge in [0.1, 0.15) is 18.1 Å². The van der Waals surface area contributed by atoms with Gasteiger partial charge in [-0.05, 0) is 55.3 Å². The number of benzene rings is 3. The Balaban J connectivity index is 1.73. The summed E-state index contributed by atoms with van der Waals surface area (Å²) in [6.07, 6.45) is -0.0918. The van der Waals surface area contributed by atoms with Crippen molar-refractivity contribution in [1.29, 1.82) is 0 Å². The van der Waals surface area contributed by atoms with E-state index in [0.717, 1.165) is 16.1 Å². The van der Waals surface area contributed by atoms with E-state index in [9.17, 15) is 14.4 Å². The summed E-state index contributed by atoms with van der Waals surface area (Å²) in [5.74, 6) is -0.133. The molecule has 0 heterocycles. The number of urea groups is 1. The predicted octanol–water partition coefficient (Wildman–Crippen LogP) is 4.05. The molecule has 0 spiro atoms. The van der Waals surface area contributed by atoms with Crippen molar-refractivity contribution in [3.05, 3.63) is 94.5 Å². The number of amides is 4. The van der Waals surface area contributed by atoms with Crippen molar-refractivity contribution in [3.63, 3.8) is 0 Å². The Morgan fingerprint density at radius 2 is 1.68 bits per heavy atom. The van der Waals surface area contributed by atoms with E-state index in [1.807, 2.05) is 44.2 Å². The molecule has 4 N–H and O–H groups in total. The van der Waals surface area contributed by atoms with Crippen LogP contribution in [0.2, 0.25) is 5.02 Å². The van der Waals surface area contributed by atoms with E-state index in [1.165, 1.54) is 6.07 Å². The quantitative estimate of drug-likeness (QED) is 0.345. The molecule has 3 aromatic carbocycles. The van der Waals surface area contributed by atoms with Gasteiger partial charge in [-0.2, -0.15) is 0 Å². The first-order valence-electron chi connectivity index (χ1n) is 11.6. The fraction of sp³-hybridized carbons (Fsp3) is 0.222. The molecular formula is C27H29ClN4O5. The highest BCUT2D eigenvalue weighted by molar-refractivity contribution is 6.32. The Morgan fingerprint density at radius 1 is 0.973 bits per heavy atom. The zero-order chi connectivity index (χ0) is 26.8. The Bertz CT molecular complexity index is 1220. The molecule has 0 aliphatic heterocycles. The highest BCUT2D eigenvalue weighted by Gasteiger charge is 2.20. The SMILES string of the molecule is CC(C)Oc1ccc(C(=O)N(Cc2ccc(OCc3ccccc3)cc2)NC(=O)NCC(N)=O)cc1Cl. The normalized spacial score (nSPS) is 10.5. The molecule has 9 nitrogen and oxygen atoms in total. The van der Waals surface area contributed by atoms with Crippen molar-refractivity contribution in [2.24, 2.45) is 5.73 Å². The van der Waals surface area contributed by atoms with Gasteiger partial charge >= 0.3 is 6.03 Å². The minimum absolute atomic E-state index is 0.0314. The summed E-state index contributed by atoms with van der Waals surface area (Å²) in [7, 11) is 0. The fourth-order valence-electron chi connectivity index (χ4n) is 3.25. The molecule has 3 aromatic rings. The molecule has 0 aliphatic rings. The van der Waals surface area contributed by atoms with Crippen LogP contribution in [0.25, 0.3) is 0 Å². The molecule has 0 fully saturated rings. The zero-order valence-corrected chi connectivity index (χ0v) is 21.3. The van der Waals surface area contributed by atoms with Gasteiger partial charge in [-0.3, -0.25) is 9.59 Å². The van der Waals surface area contributed by atoms with Crippen molar-refractivity contribution < 1.29 is 23.9 Å². The molecule has 0 radical (unpaired) electrons. The van der Waals surface area contributed by atoms with Gasteiger partial charge in [0.05, 0.1) is 24.2 Å². The lowest BCUT2D eigenvalue weighted by Gasteiger charge is -2.24. The maximum absolute atomic E-state index is 13.3. The molecule has 0 saturated heterocycles. The van der Waals surface area contributed by atoms with Crippen LogP contribution in [0.1, 0.15) is 35.3 Å². The molecule has 4 amide bonds. The van der Waals surface area contributed by atoms with Crippen molar-refractivity contribution in [2.45, 2.75) is 33.1 Å². The van der Waals surface area contributed by atoms with Crippen LogP contribution in [0.5, 0.6) is 11.5 Å². The lowest BCUT2D eigenvalue weighted by atomic mass is 10.1. The number of primary amides is 1. The van der Waals surface area contributed by atoms with E-state index >= 15 is 0 Å². The monoisotopic (exact) mass is 524 g/mol. The second kappa shape index (κ2) is 13.2. The van der Waals surface area contributed by atoms with Crippen molar-refractivity contribution >= 4 is 29.4 Å². The molecule has 0 bridgehead atoms. The molecule has 0 atom stereocenters. The third-order valence-electron chi connectivity index (χ3n) is 4.96. The van der Waals surface area contributed by atoms with Gasteiger partial charge in [-0.25, -0.2) is 15.2 Å². The summed E-state index contributed by atoms with van der Waals surface area (Å²) >= 11 is 6.30. The summed E-state index contributed by atoms with van der Waals surface area (Å²) in [4.78, 5) is 36.6. The lowest BCUT2D eigenvalue weighted by molar-refractivity contribution is -0.117. The van der Waals surface area contributed by atoms with Crippen LogP contribution in [0.4, 0.5) is 4.79 Å². The summed E-state index contributed by atoms with van der Waals surface area (Å²) in [6.45, 7) is 3.80. The molecule has 37 heavy (non-hydrogen) atoms. The van der Waals surface area contributed by atoms with Gasteiger partial charge < -0.3 is 20.5 Å². The number of hydrogen-bond acceptors (Lipinski definition) is 5. The van der Waals surface area contributed by atoms with Crippen LogP contribution in [0, 0.1) is 0 Å². The van der Waals surface area contributed by atoms with Crippen LogP contribution >= 0.6 is 11.6 Å². The van der Waals surface area contributed by atoms with E-state index < -0.39 is 17.8 Å². The van der Waals surface area contributed by atoms with Gasteiger partial charge in [0.15, 0.2) is 0 Å². The highest BCUT2D eigenvalue weighted by Crippen LogP contribution is 2.27. The summed E-state index contributed by atoms with van der Waals surface area (Å²) in [5, 5.41) is 3.68. The van der Waals surface area contributed by atoms with Crippen molar-refractivity contribution in [2.75, 3.05) is 6.54 Å². The molecular weight excluding hydrogens is 496 g/mol. The fourth-order valence-corrected chi connectivity index (χ4v) is 3.47. The van der Waals surface area contributed by atoms with E-state index in [2.05, 4.69) is 10.7 Å². The summed E-state index contributed by atoms with van der Waals surface area (Å²) in [6, 6.07) is 20.8. The number of nitrogens with zero attached hydrogens (tertiary/aromatic N) is 1. The first kappa shape index (κ1) is 27.3. The Kier molecular flexibility index (Phi) is 9.74. The van der Waals surface area contributed by atoms with Crippen LogP contribution in [0.15, 0.2) is 72.8 Å². The van der Waals surface area contributed by atoms with Crippen molar-refractivity contribution in [3.8, 4) is 11.5 Å². The molecule has 0 unspecified atom stereocenters. The second-order valence-corrected chi connectivity index (χ2v) is 8.79. The topological polar surface area (TPSA) is 123 Å². The van der Waals surface area contributed by atoms with E-state index in [0.29, 0.717) is 18.1 Å². The molecule has 10 heteroatoms.